The van der Waals surface area contributed by atoms with Crippen molar-refractivity contribution < 1.29 is 9.59 Å². The number of rotatable bonds is 5. The van der Waals surface area contributed by atoms with Gasteiger partial charge in [0, 0.05) is 29.3 Å². The number of fused-ring (bicyclic) bond motifs is 1. The summed E-state index contributed by atoms with van der Waals surface area (Å²) in [6.07, 6.45) is 0.985. The summed E-state index contributed by atoms with van der Waals surface area (Å²) in [4.78, 5) is 28.4. The van der Waals surface area contributed by atoms with Gasteiger partial charge in [0.2, 0.25) is 0 Å². The van der Waals surface area contributed by atoms with Crippen LogP contribution in [0.1, 0.15) is 27.6 Å². The first-order valence-electron chi connectivity index (χ1n) is 10.1. The Hall–Kier alpha value is -3.12. The predicted molar refractivity (Wildman–Crippen MR) is 122 cm³/mol. The van der Waals surface area contributed by atoms with Crippen molar-refractivity contribution in [1.82, 2.24) is 5.32 Å². The number of nitrogens with one attached hydrogen (secondary N) is 2. The molecule has 2 N–H and O–H groups in total. The topological polar surface area (TPSA) is 61.4 Å². The molecule has 1 unspecified atom stereocenters. The second-order valence-electron chi connectivity index (χ2n) is 7.59. The third kappa shape index (κ3) is 4.24. The van der Waals surface area contributed by atoms with E-state index in [9.17, 15) is 9.59 Å². The SMILES string of the molecule is Cc1ccc(NC(=O)C(=O)NCC(c2cccs2)N2CCc3ccccc32)c(C)c1. The standard InChI is InChI=1S/C24H25N3O2S/c1-16-9-10-19(17(2)14-16)26-24(29)23(28)25-15-21(22-8-5-13-30-22)27-12-11-18-6-3-4-7-20(18)27/h3-10,13-14,21H,11-12,15H2,1-2H3,(H,25,28)(H,26,29). The van der Waals surface area contributed by atoms with Gasteiger partial charge < -0.3 is 15.5 Å². The second-order valence-corrected chi connectivity index (χ2v) is 8.57. The van der Waals surface area contributed by atoms with E-state index in [0.29, 0.717) is 12.2 Å². The lowest BCUT2D eigenvalue weighted by molar-refractivity contribution is -0.136. The minimum atomic E-state index is -0.645. The number of thiophene rings is 1. The summed E-state index contributed by atoms with van der Waals surface area (Å²) in [5.74, 6) is -1.27. The molecule has 1 aromatic heterocycles. The monoisotopic (exact) mass is 419 g/mol. The minimum Gasteiger partial charge on any atom is -0.361 e. The predicted octanol–water partition coefficient (Wildman–Crippen LogP) is 4.22. The lowest BCUT2D eigenvalue weighted by atomic mass is 10.1. The summed E-state index contributed by atoms with van der Waals surface area (Å²) in [5.41, 5.74) is 5.22. The Morgan fingerprint density at radius 1 is 1.07 bits per heavy atom. The number of hydrogen-bond donors (Lipinski definition) is 2. The maximum atomic E-state index is 12.5. The number of para-hydroxylation sites is 1. The summed E-state index contributed by atoms with van der Waals surface area (Å²) in [5, 5.41) is 7.60. The lowest BCUT2D eigenvalue weighted by Crippen LogP contribution is -2.41. The van der Waals surface area contributed by atoms with E-state index >= 15 is 0 Å². The van der Waals surface area contributed by atoms with Gasteiger partial charge in [0.1, 0.15) is 0 Å². The van der Waals surface area contributed by atoms with Gasteiger partial charge in [-0.05, 0) is 55.0 Å². The Balaban J connectivity index is 1.45. The molecule has 0 bridgehead atoms. The third-order valence-corrected chi connectivity index (χ3v) is 6.44. The second kappa shape index (κ2) is 8.71. The van der Waals surface area contributed by atoms with Crippen molar-refractivity contribution >= 4 is 34.5 Å². The van der Waals surface area contributed by atoms with Crippen LogP contribution in [0, 0.1) is 13.8 Å². The van der Waals surface area contributed by atoms with Crippen molar-refractivity contribution in [3.05, 3.63) is 81.5 Å². The first-order chi connectivity index (χ1) is 14.5. The molecule has 0 fully saturated rings. The van der Waals surface area contributed by atoms with Crippen molar-refractivity contribution in [2.45, 2.75) is 26.3 Å². The highest BCUT2D eigenvalue weighted by Gasteiger charge is 2.28. The first-order valence-corrected chi connectivity index (χ1v) is 11.0. The summed E-state index contributed by atoms with van der Waals surface area (Å²) in [6, 6.07) is 18.2. The average Bonchev–Trinajstić information content (AvgIpc) is 3.41. The zero-order valence-electron chi connectivity index (χ0n) is 17.1. The van der Waals surface area contributed by atoms with Gasteiger partial charge >= 0.3 is 11.8 Å². The summed E-state index contributed by atoms with van der Waals surface area (Å²) < 4.78 is 0. The maximum Gasteiger partial charge on any atom is 0.313 e. The smallest absolute Gasteiger partial charge is 0.313 e. The van der Waals surface area contributed by atoms with Crippen LogP contribution < -0.4 is 15.5 Å². The molecule has 0 saturated carbocycles. The largest absolute Gasteiger partial charge is 0.361 e. The van der Waals surface area contributed by atoms with Crippen LogP contribution in [0.3, 0.4) is 0 Å². The van der Waals surface area contributed by atoms with Gasteiger partial charge in [0.05, 0.1) is 6.04 Å². The zero-order valence-corrected chi connectivity index (χ0v) is 18.0. The molecule has 0 spiro atoms. The zero-order chi connectivity index (χ0) is 21.1. The Morgan fingerprint density at radius 3 is 2.67 bits per heavy atom. The fourth-order valence-corrected chi connectivity index (χ4v) is 4.77. The number of amides is 2. The number of benzene rings is 2. The number of nitrogens with zero attached hydrogens (tertiary/aromatic N) is 1. The molecule has 4 rings (SSSR count). The highest BCUT2D eigenvalue weighted by Crippen LogP contribution is 2.36. The Kier molecular flexibility index (Phi) is 5.86. The summed E-state index contributed by atoms with van der Waals surface area (Å²) in [7, 11) is 0. The summed E-state index contributed by atoms with van der Waals surface area (Å²) in [6.45, 7) is 5.17. The first kappa shape index (κ1) is 20.2. The molecule has 1 atom stereocenters. The molecule has 1 aliphatic rings. The Morgan fingerprint density at radius 2 is 1.90 bits per heavy atom. The molecule has 0 saturated heterocycles. The molecule has 1 aliphatic heterocycles. The molecule has 2 amide bonds. The van der Waals surface area contributed by atoms with Crippen LogP contribution >= 0.6 is 11.3 Å². The van der Waals surface area contributed by atoms with E-state index in [1.54, 1.807) is 11.3 Å². The van der Waals surface area contributed by atoms with E-state index in [1.165, 1.54) is 16.1 Å². The molecule has 5 nitrogen and oxygen atoms in total. The normalized spacial score (nSPS) is 13.6. The van der Waals surface area contributed by atoms with Crippen molar-refractivity contribution in [2.75, 3.05) is 23.3 Å². The van der Waals surface area contributed by atoms with Crippen LogP contribution in [0.5, 0.6) is 0 Å². The van der Waals surface area contributed by atoms with E-state index in [1.807, 2.05) is 49.6 Å². The van der Waals surface area contributed by atoms with Gasteiger partial charge in [-0.25, -0.2) is 0 Å². The van der Waals surface area contributed by atoms with Gasteiger partial charge in [-0.15, -0.1) is 11.3 Å². The van der Waals surface area contributed by atoms with Crippen molar-refractivity contribution in [2.24, 2.45) is 0 Å². The van der Waals surface area contributed by atoms with E-state index < -0.39 is 11.8 Å². The van der Waals surface area contributed by atoms with E-state index in [4.69, 9.17) is 0 Å². The Labute approximate surface area is 180 Å². The van der Waals surface area contributed by atoms with Gasteiger partial charge in [-0.2, -0.15) is 0 Å². The van der Waals surface area contributed by atoms with Crippen LogP contribution in [0.15, 0.2) is 60.0 Å². The van der Waals surface area contributed by atoms with Gasteiger partial charge in [-0.3, -0.25) is 9.59 Å². The van der Waals surface area contributed by atoms with Crippen LogP contribution in [-0.4, -0.2) is 24.9 Å². The van der Waals surface area contributed by atoms with Gasteiger partial charge in [0.25, 0.3) is 0 Å². The highest BCUT2D eigenvalue weighted by molar-refractivity contribution is 7.10. The van der Waals surface area contributed by atoms with Gasteiger partial charge in [-0.1, -0.05) is 42.0 Å². The van der Waals surface area contributed by atoms with E-state index in [2.05, 4.69) is 39.8 Å². The highest BCUT2D eigenvalue weighted by atomic mass is 32.1. The van der Waals surface area contributed by atoms with Crippen LogP contribution in [-0.2, 0) is 16.0 Å². The fourth-order valence-electron chi connectivity index (χ4n) is 3.94. The van der Waals surface area contributed by atoms with Crippen molar-refractivity contribution in [3.63, 3.8) is 0 Å². The number of carbonyl (C=O) groups excluding carboxylic acids is 2. The summed E-state index contributed by atoms with van der Waals surface area (Å²) >= 11 is 1.66. The lowest BCUT2D eigenvalue weighted by Gasteiger charge is -2.30. The van der Waals surface area contributed by atoms with Crippen LogP contribution in [0.2, 0.25) is 0 Å². The average molecular weight is 420 g/mol. The number of carbonyl (C=O) groups is 2. The molecule has 154 valence electrons. The fraction of sp³-hybridized carbons (Fsp3) is 0.250. The van der Waals surface area contributed by atoms with Crippen LogP contribution in [0.4, 0.5) is 11.4 Å². The van der Waals surface area contributed by atoms with Gasteiger partial charge in [0.15, 0.2) is 0 Å². The molecular formula is C24H25N3O2S. The Bertz CT molecular complexity index is 1060. The molecule has 2 heterocycles. The molecule has 30 heavy (non-hydrogen) atoms. The minimum absolute atomic E-state index is 0.00786. The number of hydrogen-bond acceptors (Lipinski definition) is 4. The maximum absolute atomic E-state index is 12.5. The quantitative estimate of drug-likeness (QED) is 0.609. The van der Waals surface area contributed by atoms with Crippen molar-refractivity contribution in [3.8, 4) is 0 Å². The van der Waals surface area contributed by atoms with Crippen molar-refractivity contribution in [1.29, 1.82) is 0 Å². The molecule has 2 aromatic carbocycles. The third-order valence-electron chi connectivity index (χ3n) is 5.46. The molecule has 3 aromatic rings. The molecule has 0 radical (unpaired) electrons. The number of anilines is 2. The van der Waals surface area contributed by atoms with E-state index in [0.717, 1.165) is 24.1 Å². The van der Waals surface area contributed by atoms with E-state index in [-0.39, 0.29) is 6.04 Å². The molecular weight excluding hydrogens is 394 g/mol. The van der Waals surface area contributed by atoms with Crippen LogP contribution in [0.25, 0.3) is 0 Å². The molecule has 0 aliphatic carbocycles. The number of aryl methyl sites for hydroxylation is 2. The molecule has 6 heteroatoms.